The molecule has 2 saturated heterocycles. The summed E-state index contributed by atoms with van der Waals surface area (Å²) in [5.74, 6) is -2.76. The van der Waals surface area contributed by atoms with Crippen LogP contribution in [0.25, 0.3) is 0 Å². The van der Waals surface area contributed by atoms with E-state index in [1.807, 2.05) is 0 Å². The van der Waals surface area contributed by atoms with Gasteiger partial charge in [0.25, 0.3) is 0 Å². The fourth-order valence-electron chi connectivity index (χ4n) is 3.99. The lowest BCUT2D eigenvalue weighted by molar-refractivity contribution is -0.192. The molecular formula is C20H27F3N2O5S. The molecule has 1 atom stereocenters. The van der Waals surface area contributed by atoms with Gasteiger partial charge in [-0.15, -0.1) is 0 Å². The van der Waals surface area contributed by atoms with Crippen LogP contribution in [-0.2, 0) is 19.6 Å². The second-order valence-electron chi connectivity index (χ2n) is 8.28. The average Bonchev–Trinajstić information content (AvgIpc) is 3.54. The van der Waals surface area contributed by atoms with Gasteiger partial charge in [0, 0.05) is 31.9 Å². The van der Waals surface area contributed by atoms with Crippen LogP contribution in [-0.4, -0.2) is 73.6 Å². The summed E-state index contributed by atoms with van der Waals surface area (Å²) < 4.78 is 64.9. The Balaban J connectivity index is 0.000000339. The number of aliphatic carboxylic acids is 1. The number of sulfonamides is 1. The van der Waals surface area contributed by atoms with Crippen molar-refractivity contribution in [1.29, 1.82) is 0 Å². The van der Waals surface area contributed by atoms with Crippen LogP contribution in [0.2, 0.25) is 0 Å². The van der Waals surface area contributed by atoms with Crippen molar-refractivity contribution in [3.63, 3.8) is 0 Å². The van der Waals surface area contributed by atoms with Crippen LogP contribution in [0.4, 0.5) is 18.9 Å². The second kappa shape index (κ2) is 8.95. The van der Waals surface area contributed by atoms with Crippen molar-refractivity contribution < 1.29 is 36.2 Å². The van der Waals surface area contributed by atoms with Crippen molar-refractivity contribution in [3.8, 4) is 0 Å². The number of carbonyl (C=O) groups is 1. The minimum absolute atomic E-state index is 0.135. The maximum Gasteiger partial charge on any atom is 0.490 e. The molecule has 7 nitrogen and oxygen atoms in total. The largest absolute Gasteiger partial charge is 0.490 e. The number of hydrogen-bond acceptors (Lipinski definition) is 5. The summed E-state index contributed by atoms with van der Waals surface area (Å²) in [6, 6.07) is 8.51. The number of benzene rings is 1. The van der Waals surface area contributed by atoms with Crippen molar-refractivity contribution >= 4 is 21.7 Å². The Bertz CT molecular complexity index is 900. The standard InChI is InChI=1S/C18H26N2O3S.C2HF3O2/c1-15-4-2-5-16(12-15)19-9-3-8-18(13-19)14-20(10-11-23-18)24(21,22)17-6-7-17;3-2(4,5)1(6)7/h2,4-5,12,17H,3,6-11,13-14H2,1H3;(H,6,7). The van der Waals surface area contributed by atoms with Crippen molar-refractivity contribution in [2.75, 3.05) is 37.7 Å². The third-order valence-electron chi connectivity index (χ3n) is 5.67. The van der Waals surface area contributed by atoms with Gasteiger partial charge >= 0.3 is 12.1 Å². The highest BCUT2D eigenvalue weighted by Crippen LogP contribution is 2.36. The molecule has 11 heteroatoms. The van der Waals surface area contributed by atoms with Crippen LogP contribution in [0, 0.1) is 6.92 Å². The van der Waals surface area contributed by atoms with Crippen molar-refractivity contribution in [3.05, 3.63) is 29.8 Å². The molecule has 0 bridgehead atoms. The minimum atomic E-state index is -5.08. The summed E-state index contributed by atoms with van der Waals surface area (Å²) in [5, 5.41) is 6.99. The van der Waals surface area contributed by atoms with Crippen LogP contribution in [0.1, 0.15) is 31.2 Å². The zero-order valence-electron chi connectivity index (χ0n) is 17.3. The maximum atomic E-state index is 12.6. The molecule has 1 saturated carbocycles. The third-order valence-corrected chi connectivity index (χ3v) is 8.01. The highest BCUT2D eigenvalue weighted by molar-refractivity contribution is 7.90. The van der Waals surface area contributed by atoms with E-state index in [9.17, 15) is 21.6 Å². The predicted octanol–water partition coefficient (Wildman–Crippen LogP) is 2.79. The third kappa shape index (κ3) is 5.89. The number of morpholine rings is 1. The number of anilines is 1. The molecule has 0 amide bonds. The van der Waals surface area contributed by atoms with Gasteiger partial charge in [-0.1, -0.05) is 12.1 Å². The smallest absolute Gasteiger partial charge is 0.475 e. The van der Waals surface area contributed by atoms with Gasteiger partial charge in [0.2, 0.25) is 10.0 Å². The maximum absolute atomic E-state index is 12.6. The molecule has 1 N–H and O–H groups in total. The van der Waals surface area contributed by atoms with Crippen molar-refractivity contribution in [2.24, 2.45) is 0 Å². The van der Waals surface area contributed by atoms with E-state index in [1.165, 1.54) is 11.3 Å². The first kappa shape index (κ1) is 23.8. The van der Waals surface area contributed by atoms with Gasteiger partial charge in [-0.3, -0.25) is 0 Å². The zero-order chi connectivity index (χ0) is 22.9. The summed E-state index contributed by atoms with van der Waals surface area (Å²) in [6.07, 6.45) is -1.47. The average molecular weight is 465 g/mol. The minimum Gasteiger partial charge on any atom is -0.475 e. The lowest BCUT2D eigenvalue weighted by Gasteiger charge is -2.48. The molecule has 174 valence electrons. The normalized spacial score (nSPS) is 25.1. The second-order valence-corrected chi connectivity index (χ2v) is 10.5. The molecule has 3 fully saturated rings. The van der Waals surface area contributed by atoms with Gasteiger partial charge in [-0.05, 0) is 50.3 Å². The van der Waals surface area contributed by atoms with Crippen LogP contribution in [0.5, 0.6) is 0 Å². The quantitative estimate of drug-likeness (QED) is 0.740. The van der Waals surface area contributed by atoms with E-state index in [0.29, 0.717) is 19.7 Å². The topological polar surface area (TPSA) is 87.2 Å². The Morgan fingerprint density at radius 2 is 1.90 bits per heavy atom. The molecule has 0 aromatic heterocycles. The van der Waals surface area contributed by atoms with Gasteiger partial charge in [-0.25, -0.2) is 13.2 Å². The monoisotopic (exact) mass is 464 g/mol. The first-order valence-corrected chi connectivity index (χ1v) is 11.7. The fourth-order valence-corrected chi connectivity index (χ4v) is 5.89. The molecule has 1 aromatic rings. The van der Waals surface area contributed by atoms with Gasteiger partial charge < -0.3 is 14.7 Å². The van der Waals surface area contributed by atoms with Crippen LogP contribution in [0.3, 0.4) is 0 Å². The SMILES string of the molecule is Cc1cccc(N2CCCC3(C2)CN(S(=O)(=O)C2CC2)CCO3)c1.O=C(O)C(F)(F)F. The first-order valence-electron chi connectivity index (χ1n) is 10.2. The number of ether oxygens (including phenoxy) is 1. The number of alkyl halides is 3. The Kier molecular flexibility index (Phi) is 6.87. The van der Waals surface area contributed by atoms with Crippen molar-refractivity contribution in [2.45, 2.75) is 49.6 Å². The van der Waals surface area contributed by atoms with E-state index in [1.54, 1.807) is 4.31 Å². The summed E-state index contributed by atoms with van der Waals surface area (Å²) in [7, 11) is -3.12. The molecule has 2 aliphatic heterocycles. The zero-order valence-corrected chi connectivity index (χ0v) is 18.1. The number of halogens is 3. The van der Waals surface area contributed by atoms with E-state index in [4.69, 9.17) is 14.6 Å². The van der Waals surface area contributed by atoms with Crippen LogP contribution < -0.4 is 4.90 Å². The Labute approximate surface area is 179 Å². The number of nitrogens with zero attached hydrogens (tertiary/aromatic N) is 2. The van der Waals surface area contributed by atoms with Crippen LogP contribution in [0.15, 0.2) is 24.3 Å². The number of rotatable bonds is 3. The highest BCUT2D eigenvalue weighted by Gasteiger charge is 2.47. The fraction of sp³-hybridized carbons (Fsp3) is 0.650. The molecule has 1 spiro atoms. The summed E-state index contributed by atoms with van der Waals surface area (Å²) in [4.78, 5) is 11.2. The van der Waals surface area contributed by atoms with Gasteiger partial charge in [0.15, 0.2) is 0 Å². The molecule has 1 unspecified atom stereocenters. The number of hydrogen-bond donors (Lipinski definition) is 1. The summed E-state index contributed by atoms with van der Waals surface area (Å²) in [5.41, 5.74) is 2.09. The molecular weight excluding hydrogens is 437 g/mol. The number of carboxylic acids is 1. The molecule has 3 aliphatic rings. The predicted molar refractivity (Wildman–Crippen MR) is 109 cm³/mol. The Morgan fingerprint density at radius 3 is 2.48 bits per heavy atom. The van der Waals surface area contributed by atoms with E-state index >= 15 is 0 Å². The van der Waals surface area contributed by atoms with Crippen molar-refractivity contribution in [1.82, 2.24) is 4.31 Å². The molecule has 31 heavy (non-hydrogen) atoms. The summed E-state index contributed by atoms with van der Waals surface area (Å²) >= 11 is 0. The van der Waals surface area contributed by atoms with Gasteiger partial charge in [0.05, 0.1) is 17.5 Å². The molecule has 1 aromatic carbocycles. The molecule has 0 radical (unpaired) electrons. The lowest BCUT2D eigenvalue weighted by atomic mass is 9.91. The van der Waals surface area contributed by atoms with E-state index in [2.05, 4.69) is 36.1 Å². The Morgan fingerprint density at radius 1 is 1.23 bits per heavy atom. The number of piperidine rings is 1. The van der Waals surface area contributed by atoms with E-state index < -0.39 is 22.2 Å². The van der Waals surface area contributed by atoms with Gasteiger partial charge in [0.1, 0.15) is 0 Å². The number of carboxylic acid groups (broad SMARTS) is 1. The highest BCUT2D eigenvalue weighted by atomic mass is 32.2. The van der Waals surface area contributed by atoms with Gasteiger partial charge in [-0.2, -0.15) is 17.5 Å². The van der Waals surface area contributed by atoms with Crippen LogP contribution >= 0.6 is 0 Å². The lowest BCUT2D eigenvalue weighted by Crippen LogP contribution is -2.61. The Hall–Kier alpha value is -1.85. The molecule has 1 aliphatic carbocycles. The molecule has 4 rings (SSSR count). The van der Waals surface area contributed by atoms with E-state index in [-0.39, 0.29) is 10.9 Å². The first-order chi connectivity index (χ1) is 14.4. The summed E-state index contributed by atoms with van der Waals surface area (Å²) in [6.45, 7) is 5.40. The van der Waals surface area contributed by atoms with E-state index in [0.717, 1.165) is 38.8 Å². The number of aryl methyl sites for hydroxylation is 1. The molecule has 2 heterocycles.